The van der Waals surface area contributed by atoms with Gasteiger partial charge in [0.25, 0.3) is 0 Å². The van der Waals surface area contributed by atoms with Gasteiger partial charge in [0.05, 0.1) is 6.61 Å². The number of hydrogen-bond acceptors (Lipinski definition) is 1. The Labute approximate surface area is 88.1 Å². The minimum absolute atomic E-state index is 0.589. The third-order valence-electron chi connectivity index (χ3n) is 1.60. The highest BCUT2D eigenvalue weighted by Crippen LogP contribution is 2.12. The van der Waals surface area contributed by atoms with E-state index in [0.29, 0.717) is 5.92 Å². The fourth-order valence-corrected chi connectivity index (χ4v) is 0.897. The molecule has 1 aromatic rings. The number of hydrogen-bond donors (Lipinski definition) is 0. The van der Waals surface area contributed by atoms with Gasteiger partial charge in [-0.15, -0.1) is 0 Å². The Bertz CT molecular complexity index is 223. The molecular weight excluding hydrogens is 172 g/mol. The number of rotatable bonds is 3. The van der Waals surface area contributed by atoms with E-state index in [1.54, 1.807) is 0 Å². The average Bonchev–Trinajstić information content (AvgIpc) is 2.20. The van der Waals surface area contributed by atoms with E-state index in [2.05, 4.69) is 32.9 Å². The first-order chi connectivity index (χ1) is 6.68. The maximum absolute atomic E-state index is 5.52. The molecule has 1 aromatic carbocycles. The monoisotopic (exact) mass is 194 g/mol. The fraction of sp³-hybridized carbons (Fsp3) is 0.538. The minimum Gasteiger partial charge on any atom is -0.493 e. The van der Waals surface area contributed by atoms with E-state index in [0.717, 1.165) is 12.4 Å². The molecule has 1 nitrogen and oxygen atoms in total. The van der Waals surface area contributed by atoms with Crippen LogP contribution in [-0.2, 0) is 0 Å². The summed E-state index contributed by atoms with van der Waals surface area (Å²) in [6, 6.07) is 8.15. The van der Waals surface area contributed by atoms with Gasteiger partial charge in [0.2, 0.25) is 0 Å². The summed E-state index contributed by atoms with van der Waals surface area (Å²) in [5, 5.41) is 0. The highest BCUT2D eigenvalue weighted by molar-refractivity contribution is 5.26. The first-order valence-electron chi connectivity index (χ1n) is 5.38. The molecule has 0 bridgehead atoms. The third kappa shape index (κ3) is 5.63. The molecule has 0 aromatic heterocycles. The van der Waals surface area contributed by atoms with Crippen LogP contribution in [0.4, 0.5) is 0 Å². The van der Waals surface area contributed by atoms with E-state index in [1.165, 1.54) is 5.56 Å². The largest absolute Gasteiger partial charge is 0.493 e. The number of aryl methyl sites for hydroxylation is 1. The van der Waals surface area contributed by atoms with E-state index in [4.69, 9.17) is 4.74 Å². The van der Waals surface area contributed by atoms with E-state index < -0.39 is 0 Å². The van der Waals surface area contributed by atoms with Crippen molar-refractivity contribution in [2.75, 3.05) is 6.61 Å². The molecule has 0 radical (unpaired) electrons. The molecule has 14 heavy (non-hydrogen) atoms. The predicted molar refractivity (Wildman–Crippen MR) is 62.9 cm³/mol. The van der Waals surface area contributed by atoms with Crippen molar-refractivity contribution in [2.24, 2.45) is 5.92 Å². The van der Waals surface area contributed by atoms with Gasteiger partial charge in [0.15, 0.2) is 0 Å². The zero-order valence-electron chi connectivity index (χ0n) is 10.0. The van der Waals surface area contributed by atoms with Crippen molar-refractivity contribution in [1.82, 2.24) is 0 Å². The summed E-state index contributed by atoms with van der Waals surface area (Å²) in [7, 11) is 0. The highest BCUT2D eigenvalue weighted by atomic mass is 16.5. The maximum Gasteiger partial charge on any atom is 0.119 e. The number of ether oxygens (including phenoxy) is 1. The molecule has 1 rings (SSSR count). The molecule has 0 atom stereocenters. The van der Waals surface area contributed by atoms with Crippen LogP contribution in [0.5, 0.6) is 5.75 Å². The Morgan fingerprint density at radius 1 is 1.07 bits per heavy atom. The second-order valence-electron chi connectivity index (χ2n) is 3.52. The fourth-order valence-electron chi connectivity index (χ4n) is 0.897. The van der Waals surface area contributed by atoms with Crippen molar-refractivity contribution >= 4 is 0 Å². The van der Waals surface area contributed by atoms with E-state index in [-0.39, 0.29) is 0 Å². The minimum atomic E-state index is 0.589. The molecule has 0 spiro atoms. The van der Waals surface area contributed by atoms with Crippen molar-refractivity contribution in [2.45, 2.75) is 34.6 Å². The van der Waals surface area contributed by atoms with Gasteiger partial charge in [-0.2, -0.15) is 0 Å². The molecule has 0 saturated heterocycles. The van der Waals surface area contributed by atoms with Crippen molar-refractivity contribution in [3.8, 4) is 5.75 Å². The zero-order chi connectivity index (χ0) is 11.0. The number of benzene rings is 1. The van der Waals surface area contributed by atoms with Gasteiger partial charge in [0.1, 0.15) is 5.75 Å². The third-order valence-corrected chi connectivity index (χ3v) is 1.60. The molecule has 0 saturated carbocycles. The molecule has 0 fully saturated rings. The van der Waals surface area contributed by atoms with Crippen molar-refractivity contribution < 1.29 is 4.74 Å². The van der Waals surface area contributed by atoms with Crippen molar-refractivity contribution in [3.05, 3.63) is 29.8 Å². The summed E-state index contributed by atoms with van der Waals surface area (Å²) in [6.45, 7) is 11.2. The van der Waals surface area contributed by atoms with E-state index in [9.17, 15) is 0 Å². The average molecular weight is 194 g/mol. The normalized spacial score (nSPS) is 9.29. The van der Waals surface area contributed by atoms with Crippen LogP contribution in [0.15, 0.2) is 24.3 Å². The van der Waals surface area contributed by atoms with Gasteiger partial charge in [-0.1, -0.05) is 45.4 Å². The summed E-state index contributed by atoms with van der Waals surface area (Å²) < 4.78 is 5.52. The first-order valence-corrected chi connectivity index (χ1v) is 5.38. The Kier molecular flexibility index (Phi) is 6.91. The Hall–Kier alpha value is -0.980. The van der Waals surface area contributed by atoms with Crippen LogP contribution in [0.3, 0.4) is 0 Å². The summed E-state index contributed by atoms with van der Waals surface area (Å²) in [5.41, 5.74) is 1.27. The molecule has 1 heteroatoms. The molecule has 0 amide bonds. The highest BCUT2D eigenvalue weighted by Gasteiger charge is 1.95. The maximum atomic E-state index is 5.52. The van der Waals surface area contributed by atoms with E-state index in [1.807, 2.05) is 26.0 Å². The second kappa shape index (κ2) is 7.43. The lowest BCUT2D eigenvalue weighted by Crippen LogP contribution is -2.04. The lowest BCUT2D eigenvalue weighted by molar-refractivity contribution is 0.271. The Morgan fingerprint density at radius 3 is 2.00 bits per heavy atom. The molecule has 80 valence electrons. The van der Waals surface area contributed by atoms with Crippen LogP contribution < -0.4 is 4.74 Å². The van der Waals surface area contributed by atoms with Gasteiger partial charge in [-0.05, 0) is 25.0 Å². The molecule has 0 aliphatic carbocycles. The molecule has 0 aliphatic heterocycles. The molecule has 0 N–H and O–H groups in total. The summed E-state index contributed by atoms with van der Waals surface area (Å²) in [4.78, 5) is 0. The molecule has 0 unspecified atom stereocenters. The van der Waals surface area contributed by atoms with Crippen molar-refractivity contribution in [3.63, 3.8) is 0 Å². The van der Waals surface area contributed by atoms with Gasteiger partial charge in [-0.25, -0.2) is 0 Å². The summed E-state index contributed by atoms with van der Waals surface area (Å²) >= 11 is 0. The molecular formula is C13H22O. The summed E-state index contributed by atoms with van der Waals surface area (Å²) in [6.07, 6.45) is 0. The zero-order valence-corrected chi connectivity index (χ0v) is 10.0. The summed E-state index contributed by atoms with van der Waals surface area (Å²) in [5.74, 6) is 1.56. The van der Waals surface area contributed by atoms with Gasteiger partial charge in [0, 0.05) is 0 Å². The van der Waals surface area contributed by atoms with Crippen LogP contribution in [0, 0.1) is 12.8 Å². The van der Waals surface area contributed by atoms with Gasteiger partial charge < -0.3 is 4.74 Å². The smallest absolute Gasteiger partial charge is 0.119 e. The lowest BCUT2D eigenvalue weighted by Gasteiger charge is -2.08. The Morgan fingerprint density at radius 2 is 1.57 bits per heavy atom. The van der Waals surface area contributed by atoms with Gasteiger partial charge >= 0.3 is 0 Å². The van der Waals surface area contributed by atoms with Crippen LogP contribution in [0.25, 0.3) is 0 Å². The van der Waals surface area contributed by atoms with Gasteiger partial charge in [-0.3, -0.25) is 0 Å². The quantitative estimate of drug-likeness (QED) is 0.705. The lowest BCUT2D eigenvalue weighted by atomic mass is 10.2. The van der Waals surface area contributed by atoms with Crippen LogP contribution >= 0.6 is 0 Å². The van der Waals surface area contributed by atoms with Crippen LogP contribution in [0.2, 0.25) is 0 Å². The predicted octanol–water partition coefficient (Wildman–Crippen LogP) is 4.06. The first kappa shape index (κ1) is 13.0. The van der Waals surface area contributed by atoms with Crippen LogP contribution in [0.1, 0.15) is 33.3 Å². The Balaban J connectivity index is 0.000000791. The van der Waals surface area contributed by atoms with E-state index >= 15 is 0 Å². The van der Waals surface area contributed by atoms with Crippen molar-refractivity contribution in [1.29, 1.82) is 0 Å². The molecule has 0 heterocycles. The van der Waals surface area contributed by atoms with Crippen LogP contribution in [-0.4, -0.2) is 6.61 Å². The SMILES string of the molecule is CC.Cc1ccc(OCC(C)C)cc1. The second-order valence-corrected chi connectivity index (χ2v) is 3.52. The standard InChI is InChI=1S/C11H16O.C2H6/c1-9(2)8-12-11-6-4-10(3)5-7-11;1-2/h4-7,9H,8H2,1-3H3;1-2H3. The topological polar surface area (TPSA) is 9.23 Å². The molecule has 0 aliphatic rings.